The van der Waals surface area contributed by atoms with Crippen molar-refractivity contribution >= 4 is 50.9 Å². The van der Waals surface area contributed by atoms with Crippen molar-refractivity contribution in [1.82, 2.24) is 10.3 Å². The smallest absolute Gasteiger partial charge is 0.268 e. The Morgan fingerprint density at radius 3 is 2.74 bits per heavy atom. The van der Waals surface area contributed by atoms with Crippen LogP contribution in [0.2, 0.25) is 0 Å². The van der Waals surface area contributed by atoms with Gasteiger partial charge in [0.25, 0.3) is 11.8 Å². The van der Waals surface area contributed by atoms with Crippen LogP contribution >= 0.6 is 15.9 Å². The number of carbonyl (C=O) groups is 3. The van der Waals surface area contributed by atoms with Crippen molar-refractivity contribution in [1.29, 1.82) is 0 Å². The number of amides is 2. The molecule has 1 aromatic heterocycles. The van der Waals surface area contributed by atoms with Crippen molar-refractivity contribution in [3.8, 4) is 0 Å². The number of aromatic nitrogens is 1. The van der Waals surface area contributed by atoms with E-state index in [0.29, 0.717) is 33.6 Å². The summed E-state index contributed by atoms with van der Waals surface area (Å²) in [5.74, 6) is -0.923. The summed E-state index contributed by atoms with van der Waals surface area (Å²) in [5, 5.41) is 14.2. The maximum absolute atomic E-state index is 12.4. The minimum atomic E-state index is -0.423. The molecule has 8 heteroatoms. The van der Waals surface area contributed by atoms with Gasteiger partial charge in [-0.15, -0.1) is 0 Å². The number of aliphatic hydroxyl groups is 1. The van der Waals surface area contributed by atoms with Gasteiger partial charge in [-0.25, -0.2) is 0 Å². The molecule has 140 valence electrons. The number of Topliss-reactive ketones (excluding diaryl/α,β-unsaturated/α-hetero) is 1. The van der Waals surface area contributed by atoms with Crippen LogP contribution in [0.15, 0.2) is 22.7 Å². The highest BCUT2D eigenvalue weighted by Gasteiger charge is 2.27. The maximum Gasteiger partial charge on any atom is 0.268 e. The first kappa shape index (κ1) is 19.1. The first-order chi connectivity index (χ1) is 12.8. The summed E-state index contributed by atoms with van der Waals surface area (Å²) in [6.07, 6.45) is 1.58. The lowest BCUT2D eigenvalue weighted by atomic mass is 10.0. The number of rotatable bonds is 5. The number of aliphatic hydroxyl groups excluding tert-OH is 1. The Balaban J connectivity index is 2.11. The van der Waals surface area contributed by atoms with Crippen LogP contribution in [0.4, 0.5) is 5.69 Å². The summed E-state index contributed by atoms with van der Waals surface area (Å²) in [7, 11) is 0. The van der Waals surface area contributed by atoms with Gasteiger partial charge in [0.1, 0.15) is 5.69 Å². The molecule has 2 aromatic rings. The Kier molecular flexibility index (Phi) is 5.29. The minimum Gasteiger partial charge on any atom is -0.395 e. The number of halogens is 1. The van der Waals surface area contributed by atoms with Gasteiger partial charge in [0.15, 0.2) is 5.78 Å². The van der Waals surface area contributed by atoms with E-state index < -0.39 is 5.91 Å². The van der Waals surface area contributed by atoms with Crippen LogP contribution in [-0.4, -0.2) is 40.8 Å². The van der Waals surface area contributed by atoms with Gasteiger partial charge in [0, 0.05) is 27.8 Å². The molecule has 27 heavy (non-hydrogen) atoms. The third-order valence-electron chi connectivity index (χ3n) is 4.31. The van der Waals surface area contributed by atoms with Gasteiger partial charge < -0.3 is 20.7 Å². The standard InChI is InChI=1S/C19H18BrN3O4/c1-9-16(10(2)25)15(22-17(9)19(27)21-5-6-24)8-13-12-7-11(20)3-4-14(12)23-18(13)26/h3-4,7-8,22,24H,5-6H2,1-2H3,(H,21,27)(H,23,26). The van der Waals surface area contributed by atoms with Crippen LogP contribution in [0.1, 0.15) is 44.6 Å². The largest absolute Gasteiger partial charge is 0.395 e. The van der Waals surface area contributed by atoms with Gasteiger partial charge in [-0.3, -0.25) is 14.4 Å². The Morgan fingerprint density at radius 2 is 2.07 bits per heavy atom. The molecule has 3 rings (SSSR count). The molecule has 7 nitrogen and oxygen atoms in total. The average Bonchev–Trinajstić information content (AvgIpc) is 3.10. The fourth-order valence-corrected chi connectivity index (χ4v) is 3.47. The number of aromatic amines is 1. The second kappa shape index (κ2) is 7.50. The van der Waals surface area contributed by atoms with Gasteiger partial charge >= 0.3 is 0 Å². The molecule has 1 aromatic carbocycles. The molecular weight excluding hydrogens is 414 g/mol. The molecule has 0 aliphatic carbocycles. The number of fused-ring (bicyclic) bond motifs is 1. The van der Waals surface area contributed by atoms with E-state index in [1.165, 1.54) is 6.92 Å². The first-order valence-electron chi connectivity index (χ1n) is 8.29. The summed E-state index contributed by atoms with van der Waals surface area (Å²) in [4.78, 5) is 39.8. The molecule has 4 N–H and O–H groups in total. The molecular formula is C19H18BrN3O4. The molecule has 0 spiro atoms. The summed E-state index contributed by atoms with van der Waals surface area (Å²) in [6.45, 7) is 3.00. The molecule has 0 saturated carbocycles. The number of ketones is 1. The van der Waals surface area contributed by atoms with Crippen LogP contribution in [0, 0.1) is 6.92 Å². The Bertz CT molecular complexity index is 991. The molecule has 1 aliphatic rings. The van der Waals surface area contributed by atoms with E-state index in [-0.39, 0.29) is 30.5 Å². The van der Waals surface area contributed by atoms with Gasteiger partial charge in [-0.2, -0.15) is 0 Å². The summed E-state index contributed by atoms with van der Waals surface area (Å²) in [5.41, 5.74) is 3.27. The highest BCUT2D eigenvalue weighted by Crippen LogP contribution is 2.35. The number of benzene rings is 1. The number of carbonyl (C=O) groups excluding carboxylic acids is 3. The molecule has 2 amide bonds. The van der Waals surface area contributed by atoms with Crippen molar-refractivity contribution in [3.05, 3.63) is 50.8 Å². The quantitative estimate of drug-likeness (QED) is 0.430. The van der Waals surface area contributed by atoms with Crippen molar-refractivity contribution in [2.45, 2.75) is 13.8 Å². The van der Waals surface area contributed by atoms with Crippen molar-refractivity contribution in [2.24, 2.45) is 0 Å². The zero-order valence-electron chi connectivity index (χ0n) is 14.8. The highest BCUT2D eigenvalue weighted by atomic mass is 79.9. The lowest BCUT2D eigenvalue weighted by Crippen LogP contribution is -2.27. The molecule has 0 bridgehead atoms. The van der Waals surface area contributed by atoms with E-state index in [0.717, 1.165) is 4.47 Å². The zero-order chi connectivity index (χ0) is 19.7. The summed E-state index contributed by atoms with van der Waals surface area (Å²) in [6, 6.07) is 5.43. The normalized spacial score (nSPS) is 14.2. The summed E-state index contributed by atoms with van der Waals surface area (Å²) < 4.78 is 0.821. The van der Waals surface area contributed by atoms with Crippen molar-refractivity contribution in [2.75, 3.05) is 18.5 Å². The van der Waals surface area contributed by atoms with E-state index in [9.17, 15) is 14.4 Å². The van der Waals surface area contributed by atoms with Crippen molar-refractivity contribution < 1.29 is 19.5 Å². The molecule has 0 fully saturated rings. The van der Waals surface area contributed by atoms with Crippen LogP contribution < -0.4 is 10.6 Å². The fraction of sp³-hybridized carbons (Fsp3) is 0.211. The second-order valence-electron chi connectivity index (χ2n) is 6.15. The Morgan fingerprint density at radius 1 is 1.33 bits per heavy atom. The fourth-order valence-electron chi connectivity index (χ4n) is 3.11. The monoisotopic (exact) mass is 431 g/mol. The Hall–Kier alpha value is -2.71. The van der Waals surface area contributed by atoms with E-state index in [1.807, 2.05) is 12.1 Å². The maximum atomic E-state index is 12.4. The molecule has 2 heterocycles. The first-order valence-corrected chi connectivity index (χ1v) is 9.08. The van der Waals surface area contributed by atoms with Crippen molar-refractivity contribution in [3.63, 3.8) is 0 Å². The summed E-state index contributed by atoms with van der Waals surface area (Å²) >= 11 is 3.39. The molecule has 0 saturated heterocycles. The molecule has 0 atom stereocenters. The van der Waals surface area contributed by atoms with Gasteiger partial charge in [0.2, 0.25) is 0 Å². The third kappa shape index (κ3) is 3.58. The van der Waals surface area contributed by atoms with E-state index in [1.54, 1.807) is 19.1 Å². The van der Waals surface area contributed by atoms with Crippen LogP contribution in [-0.2, 0) is 4.79 Å². The number of anilines is 1. The van der Waals surface area contributed by atoms with Gasteiger partial charge in [-0.05, 0) is 43.7 Å². The van der Waals surface area contributed by atoms with E-state index >= 15 is 0 Å². The molecule has 1 aliphatic heterocycles. The van der Waals surface area contributed by atoms with Gasteiger partial charge in [-0.1, -0.05) is 15.9 Å². The van der Waals surface area contributed by atoms with E-state index in [2.05, 4.69) is 31.5 Å². The van der Waals surface area contributed by atoms with Gasteiger partial charge in [0.05, 0.1) is 17.9 Å². The SMILES string of the molecule is CC(=O)c1c(C=C2C(=O)Nc3ccc(Br)cc32)[nH]c(C(=O)NCCO)c1C. The lowest BCUT2D eigenvalue weighted by Gasteiger charge is -2.02. The van der Waals surface area contributed by atoms with Crippen LogP contribution in [0.5, 0.6) is 0 Å². The predicted molar refractivity (Wildman–Crippen MR) is 106 cm³/mol. The van der Waals surface area contributed by atoms with Crippen LogP contribution in [0.3, 0.4) is 0 Å². The second-order valence-corrected chi connectivity index (χ2v) is 7.07. The average molecular weight is 432 g/mol. The predicted octanol–water partition coefficient (Wildman–Crippen LogP) is 2.50. The zero-order valence-corrected chi connectivity index (χ0v) is 16.4. The third-order valence-corrected chi connectivity index (χ3v) is 4.80. The molecule has 0 unspecified atom stereocenters. The van der Waals surface area contributed by atoms with Crippen LogP contribution in [0.25, 0.3) is 11.6 Å². The minimum absolute atomic E-state index is 0.104. The lowest BCUT2D eigenvalue weighted by molar-refractivity contribution is -0.110. The molecule has 0 radical (unpaired) electrons. The highest BCUT2D eigenvalue weighted by molar-refractivity contribution is 9.10. The topological polar surface area (TPSA) is 111 Å². The number of hydrogen-bond acceptors (Lipinski definition) is 4. The number of H-pyrrole nitrogens is 1. The number of hydrogen-bond donors (Lipinski definition) is 4. The van der Waals surface area contributed by atoms with E-state index in [4.69, 9.17) is 5.11 Å². The Labute approximate surface area is 164 Å². The number of nitrogens with one attached hydrogen (secondary N) is 3.